The lowest BCUT2D eigenvalue weighted by Crippen LogP contribution is -2.49. The quantitative estimate of drug-likeness (QED) is 0.772. The highest BCUT2D eigenvalue weighted by atomic mass is 16.5. The Hall–Kier alpha value is -1.39. The topological polar surface area (TPSA) is 32.8 Å². The first-order valence-electron chi connectivity index (χ1n) is 11.4. The molecule has 3 aliphatic rings. The van der Waals surface area contributed by atoms with E-state index in [1.807, 2.05) is 18.2 Å². The lowest BCUT2D eigenvalue weighted by molar-refractivity contribution is -0.133. The van der Waals surface area contributed by atoms with Gasteiger partial charge < -0.3 is 14.5 Å². The molecular weight excluding hydrogens is 348 g/mol. The zero-order valence-corrected chi connectivity index (χ0v) is 17.3. The highest BCUT2D eigenvalue weighted by molar-refractivity contribution is 5.76. The van der Waals surface area contributed by atoms with Gasteiger partial charge in [0, 0.05) is 45.8 Å². The molecule has 1 aromatic carbocycles. The van der Waals surface area contributed by atoms with Crippen molar-refractivity contribution in [1.82, 2.24) is 9.80 Å². The number of carbonyl (C=O) groups is 1. The maximum absolute atomic E-state index is 12.5. The van der Waals surface area contributed by atoms with Gasteiger partial charge in [0.15, 0.2) is 0 Å². The Morgan fingerprint density at radius 2 is 1.75 bits per heavy atom. The standard InChI is InChI=1S/C24H36N2O2/c27-23(9-8-21-6-2-1-3-7-21)26-15-10-22(11-16-26)20-25-17-13-24(14-18-25)12-4-5-19-28-24/h1-3,6-7,22H,4-5,8-20H2. The van der Waals surface area contributed by atoms with Gasteiger partial charge in [-0.25, -0.2) is 0 Å². The smallest absolute Gasteiger partial charge is 0.222 e. The summed E-state index contributed by atoms with van der Waals surface area (Å²) in [5.41, 5.74) is 1.47. The van der Waals surface area contributed by atoms with Crippen LogP contribution in [-0.4, -0.2) is 60.6 Å². The van der Waals surface area contributed by atoms with E-state index >= 15 is 0 Å². The number of hydrogen-bond acceptors (Lipinski definition) is 3. The Labute approximate surface area is 170 Å². The zero-order chi connectivity index (χ0) is 19.2. The number of amides is 1. The summed E-state index contributed by atoms with van der Waals surface area (Å²) in [7, 11) is 0. The molecule has 4 rings (SSSR count). The molecule has 1 spiro atoms. The second-order valence-electron chi connectivity index (χ2n) is 9.10. The fraction of sp³-hybridized carbons (Fsp3) is 0.708. The second-order valence-corrected chi connectivity index (χ2v) is 9.10. The van der Waals surface area contributed by atoms with Crippen LogP contribution in [0.5, 0.6) is 0 Å². The van der Waals surface area contributed by atoms with Crippen LogP contribution in [0.2, 0.25) is 0 Å². The fourth-order valence-electron chi connectivity index (χ4n) is 5.23. The number of piperidine rings is 2. The SMILES string of the molecule is O=C(CCc1ccccc1)N1CCC(CN2CCC3(CCCCO3)CC2)CC1. The van der Waals surface area contributed by atoms with E-state index in [4.69, 9.17) is 4.74 Å². The molecule has 0 bridgehead atoms. The highest BCUT2D eigenvalue weighted by Crippen LogP contribution is 2.35. The van der Waals surface area contributed by atoms with Crippen molar-refractivity contribution in [3.8, 4) is 0 Å². The van der Waals surface area contributed by atoms with Crippen molar-refractivity contribution in [2.75, 3.05) is 39.3 Å². The van der Waals surface area contributed by atoms with E-state index in [2.05, 4.69) is 21.9 Å². The van der Waals surface area contributed by atoms with Gasteiger partial charge in [-0.1, -0.05) is 30.3 Å². The molecule has 154 valence electrons. The third-order valence-electron chi connectivity index (χ3n) is 7.16. The summed E-state index contributed by atoms with van der Waals surface area (Å²) in [6.07, 6.45) is 10.1. The van der Waals surface area contributed by atoms with Crippen LogP contribution in [0.4, 0.5) is 0 Å². The van der Waals surface area contributed by atoms with Crippen LogP contribution in [0, 0.1) is 5.92 Å². The molecule has 3 aliphatic heterocycles. The van der Waals surface area contributed by atoms with Crippen LogP contribution in [-0.2, 0) is 16.0 Å². The minimum absolute atomic E-state index is 0.212. The van der Waals surface area contributed by atoms with Gasteiger partial charge in [-0.05, 0) is 62.8 Å². The van der Waals surface area contributed by atoms with E-state index in [-0.39, 0.29) is 5.60 Å². The summed E-state index contributed by atoms with van der Waals surface area (Å²) in [6, 6.07) is 10.4. The Bertz CT molecular complexity index is 609. The number of aryl methyl sites for hydroxylation is 1. The van der Waals surface area contributed by atoms with Gasteiger partial charge >= 0.3 is 0 Å². The van der Waals surface area contributed by atoms with Gasteiger partial charge in [-0.15, -0.1) is 0 Å². The first-order chi connectivity index (χ1) is 13.7. The van der Waals surface area contributed by atoms with Crippen molar-refractivity contribution < 1.29 is 9.53 Å². The monoisotopic (exact) mass is 384 g/mol. The van der Waals surface area contributed by atoms with Crippen LogP contribution in [0.1, 0.15) is 56.9 Å². The molecule has 0 unspecified atom stereocenters. The predicted octanol–water partition coefficient (Wildman–Crippen LogP) is 3.89. The summed E-state index contributed by atoms with van der Waals surface area (Å²) in [4.78, 5) is 17.3. The molecule has 0 aromatic heterocycles. The Morgan fingerprint density at radius 3 is 2.43 bits per heavy atom. The lowest BCUT2D eigenvalue weighted by Gasteiger charge is -2.45. The van der Waals surface area contributed by atoms with E-state index in [1.165, 1.54) is 57.3 Å². The van der Waals surface area contributed by atoms with Crippen LogP contribution >= 0.6 is 0 Å². The van der Waals surface area contributed by atoms with Gasteiger partial charge in [0.2, 0.25) is 5.91 Å². The lowest BCUT2D eigenvalue weighted by atomic mass is 9.84. The van der Waals surface area contributed by atoms with Crippen molar-refractivity contribution in [3.05, 3.63) is 35.9 Å². The molecular formula is C24H36N2O2. The average Bonchev–Trinajstić information content (AvgIpc) is 2.76. The first kappa shape index (κ1) is 19.9. The molecule has 1 amide bonds. The molecule has 3 fully saturated rings. The minimum atomic E-state index is 0.212. The Morgan fingerprint density at radius 1 is 1.00 bits per heavy atom. The van der Waals surface area contributed by atoms with Gasteiger partial charge in [0.1, 0.15) is 0 Å². The third kappa shape index (κ3) is 5.15. The zero-order valence-electron chi connectivity index (χ0n) is 17.3. The van der Waals surface area contributed by atoms with Crippen molar-refractivity contribution >= 4 is 5.91 Å². The number of rotatable bonds is 5. The maximum Gasteiger partial charge on any atom is 0.222 e. The van der Waals surface area contributed by atoms with Crippen molar-refractivity contribution in [1.29, 1.82) is 0 Å². The molecule has 1 aromatic rings. The van der Waals surface area contributed by atoms with Crippen LogP contribution < -0.4 is 0 Å². The number of likely N-dealkylation sites (tertiary alicyclic amines) is 2. The first-order valence-corrected chi connectivity index (χ1v) is 11.4. The third-order valence-corrected chi connectivity index (χ3v) is 7.16. The Kier molecular flexibility index (Phi) is 6.69. The fourth-order valence-corrected chi connectivity index (χ4v) is 5.23. The summed E-state index contributed by atoms with van der Waals surface area (Å²) in [5, 5.41) is 0. The molecule has 28 heavy (non-hydrogen) atoms. The number of carbonyl (C=O) groups excluding carboxylic acids is 1. The molecule has 0 aliphatic carbocycles. The summed E-state index contributed by atoms with van der Waals surface area (Å²) < 4.78 is 6.17. The van der Waals surface area contributed by atoms with Crippen molar-refractivity contribution in [2.45, 2.75) is 63.4 Å². The van der Waals surface area contributed by atoms with Gasteiger partial charge in [-0.2, -0.15) is 0 Å². The van der Waals surface area contributed by atoms with E-state index in [9.17, 15) is 4.79 Å². The molecule has 3 heterocycles. The van der Waals surface area contributed by atoms with Crippen LogP contribution in [0.15, 0.2) is 30.3 Å². The van der Waals surface area contributed by atoms with Crippen LogP contribution in [0.25, 0.3) is 0 Å². The summed E-state index contributed by atoms with van der Waals surface area (Å²) in [5.74, 6) is 1.08. The number of benzene rings is 1. The van der Waals surface area contributed by atoms with Gasteiger partial charge in [-0.3, -0.25) is 4.79 Å². The van der Waals surface area contributed by atoms with Gasteiger partial charge in [0.25, 0.3) is 0 Å². The number of hydrogen-bond donors (Lipinski definition) is 0. The molecule has 0 radical (unpaired) electrons. The second kappa shape index (κ2) is 9.41. The van der Waals surface area contributed by atoms with Crippen molar-refractivity contribution in [3.63, 3.8) is 0 Å². The molecule has 3 saturated heterocycles. The average molecular weight is 385 g/mol. The van der Waals surface area contributed by atoms with Crippen molar-refractivity contribution in [2.24, 2.45) is 5.92 Å². The van der Waals surface area contributed by atoms with Crippen LogP contribution in [0.3, 0.4) is 0 Å². The largest absolute Gasteiger partial charge is 0.375 e. The molecule has 4 nitrogen and oxygen atoms in total. The molecule has 0 atom stereocenters. The number of ether oxygens (including phenoxy) is 1. The van der Waals surface area contributed by atoms with E-state index in [0.29, 0.717) is 12.3 Å². The van der Waals surface area contributed by atoms with E-state index < -0.39 is 0 Å². The minimum Gasteiger partial charge on any atom is -0.375 e. The maximum atomic E-state index is 12.5. The normalized spacial score (nSPS) is 23.8. The predicted molar refractivity (Wildman–Crippen MR) is 112 cm³/mol. The van der Waals surface area contributed by atoms with E-state index in [1.54, 1.807) is 0 Å². The highest BCUT2D eigenvalue weighted by Gasteiger charge is 2.37. The molecule has 0 saturated carbocycles. The molecule has 4 heteroatoms. The Balaban J connectivity index is 1.15. The van der Waals surface area contributed by atoms with Gasteiger partial charge in [0.05, 0.1) is 5.60 Å². The summed E-state index contributed by atoms with van der Waals surface area (Å²) >= 11 is 0. The van der Waals surface area contributed by atoms with E-state index in [0.717, 1.165) is 44.9 Å². The summed E-state index contributed by atoms with van der Waals surface area (Å²) in [6.45, 7) is 6.45. The number of nitrogens with zero attached hydrogens (tertiary/aromatic N) is 2. The molecule has 0 N–H and O–H groups in total.